The highest BCUT2D eigenvalue weighted by Crippen LogP contribution is 2.65. The van der Waals surface area contributed by atoms with Crippen LogP contribution in [0.3, 0.4) is 0 Å². The van der Waals surface area contributed by atoms with Gasteiger partial charge in [0.1, 0.15) is 0 Å². The van der Waals surface area contributed by atoms with Crippen molar-refractivity contribution in [3.05, 3.63) is 34.3 Å². The van der Waals surface area contributed by atoms with E-state index in [0.29, 0.717) is 0 Å². The molecule has 1 aromatic carbocycles. The monoisotopic (exact) mass is 291 g/mol. The zero-order valence-corrected chi connectivity index (χ0v) is 11.5. The molecule has 0 saturated heterocycles. The van der Waals surface area contributed by atoms with Crippen molar-refractivity contribution in [2.24, 2.45) is 23.7 Å². The van der Waals surface area contributed by atoms with Gasteiger partial charge in [0.25, 0.3) is 0 Å². The minimum atomic E-state index is 0.841. The molecule has 17 heavy (non-hydrogen) atoms. The molecule has 0 radical (unpaired) electrons. The van der Waals surface area contributed by atoms with Gasteiger partial charge in [-0.2, -0.15) is 0 Å². The van der Waals surface area contributed by atoms with E-state index < -0.39 is 0 Å². The summed E-state index contributed by atoms with van der Waals surface area (Å²) in [4.78, 5) is 0. The SMILES string of the molecule is Brc1ccccc1CNC1C2C3CCC(C3)C12. The van der Waals surface area contributed by atoms with Crippen LogP contribution in [-0.4, -0.2) is 6.04 Å². The number of nitrogens with one attached hydrogen (secondary N) is 1. The number of benzene rings is 1. The summed E-state index contributed by atoms with van der Waals surface area (Å²) in [5.74, 6) is 4.22. The third kappa shape index (κ3) is 1.61. The van der Waals surface area contributed by atoms with Gasteiger partial charge in [0.15, 0.2) is 0 Å². The highest BCUT2D eigenvalue weighted by atomic mass is 79.9. The standard InChI is InChI=1S/C15H18BrN/c16-12-4-2-1-3-11(12)8-17-15-13-9-5-6-10(7-9)14(13)15/h1-4,9-10,13-15,17H,5-8H2. The second-order valence-electron chi connectivity index (χ2n) is 5.99. The first-order valence-electron chi connectivity index (χ1n) is 6.81. The van der Waals surface area contributed by atoms with Gasteiger partial charge in [-0.15, -0.1) is 0 Å². The molecule has 3 fully saturated rings. The first kappa shape index (κ1) is 10.6. The molecule has 2 bridgehead atoms. The van der Waals surface area contributed by atoms with Gasteiger partial charge in [0.2, 0.25) is 0 Å². The first-order chi connectivity index (χ1) is 8.34. The molecule has 0 aromatic heterocycles. The first-order valence-corrected chi connectivity index (χ1v) is 7.60. The lowest BCUT2D eigenvalue weighted by atomic mass is 10.0. The minimum Gasteiger partial charge on any atom is -0.309 e. The Morgan fingerprint density at radius 3 is 2.53 bits per heavy atom. The summed E-state index contributed by atoms with van der Waals surface area (Å²) in [6.07, 6.45) is 4.57. The third-order valence-corrected chi connectivity index (χ3v) is 5.99. The number of hydrogen-bond donors (Lipinski definition) is 1. The molecule has 0 spiro atoms. The highest BCUT2D eigenvalue weighted by Gasteiger charge is 2.64. The van der Waals surface area contributed by atoms with E-state index in [1.165, 1.54) is 22.9 Å². The highest BCUT2D eigenvalue weighted by molar-refractivity contribution is 9.10. The van der Waals surface area contributed by atoms with E-state index in [-0.39, 0.29) is 0 Å². The van der Waals surface area contributed by atoms with Crippen molar-refractivity contribution >= 4 is 15.9 Å². The molecule has 4 unspecified atom stereocenters. The van der Waals surface area contributed by atoms with Crippen LogP contribution < -0.4 is 5.32 Å². The van der Waals surface area contributed by atoms with Crippen molar-refractivity contribution in [1.82, 2.24) is 5.32 Å². The van der Waals surface area contributed by atoms with Gasteiger partial charge in [-0.25, -0.2) is 0 Å². The van der Waals surface area contributed by atoms with Gasteiger partial charge in [-0.05, 0) is 54.6 Å². The van der Waals surface area contributed by atoms with E-state index in [4.69, 9.17) is 0 Å². The Balaban J connectivity index is 1.40. The fraction of sp³-hybridized carbons (Fsp3) is 0.600. The van der Waals surface area contributed by atoms with Gasteiger partial charge < -0.3 is 5.32 Å². The average molecular weight is 292 g/mol. The lowest BCUT2D eigenvalue weighted by Crippen LogP contribution is -2.22. The smallest absolute Gasteiger partial charge is 0.0220 e. The molecule has 0 amide bonds. The van der Waals surface area contributed by atoms with Crippen molar-refractivity contribution in [3.8, 4) is 0 Å². The van der Waals surface area contributed by atoms with Crippen LogP contribution in [0.4, 0.5) is 0 Å². The molecule has 3 aliphatic rings. The Hall–Kier alpha value is -0.340. The lowest BCUT2D eigenvalue weighted by molar-refractivity contribution is 0.456. The summed E-state index contributed by atoms with van der Waals surface area (Å²) in [6.45, 7) is 1.03. The minimum absolute atomic E-state index is 0.841. The molecule has 4 atom stereocenters. The van der Waals surface area contributed by atoms with Gasteiger partial charge in [-0.1, -0.05) is 34.1 Å². The van der Waals surface area contributed by atoms with Crippen molar-refractivity contribution in [2.75, 3.05) is 0 Å². The molecule has 1 aromatic rings. The zero-order chi connectivity index (χ0) is 11.4. The molecule has 0 heterocycles. The number of hydrogen-bond acceptors (Lipinski definition) is 1. The molecule has 0 aliphatic heterocycles. The van der Waals surface area contributed by atoms with Gasteiger partial charge >= 0.3 is 0 Å². The van der Waals surface area contributed by atoms with E-state index in [9.17, 15) is 0 Å². The Labute approximate surface area is 111 Å². The van der Waals surface area contributed by atoms with Crippen LogP contribution in [0, 0.1) is 23.7 Å². The number of halogens is 1. The zero-order valence-electron chi connectivity index (χ0n) is 9.90. The van der Waals surface area contributed by atoms with Crippen LogP contribution in [0.2, 0.25) is 0 Å². The van der Waals surface area contributed by atoms with E-state index in [1.807, 2.05) is 0 Å². The van der Waals surface area contributed by atoms with Crippen LogP contribution in [0.15, 0.2) is 28.7 Å². The van der Waals surface area contributed by atoms with Crippen molar-refractivity contribution in [3.63, 3.8) is 0 Å². The normalized spacial score (nSPS) is 41.6. The molecule has 1 N–H and O–H groups in total. The molecule has 4 rings (SSSR count). The van der Waals surface area contributed by atoms with Crippen LogP contribution in [-0.2, 0) is 6.54 Å². The third-order valence-electron chi connectivity index (χ3n) is 5.22. The summed E-state index contributed by atoms with van der Waals surface area (Å²) >= 11 is 3.62. The van der Waals surface area contributed by atoms with E-state index in [1.54, 1.807) is 6.42 Å². The molecule has 1 nitrogen and oxygen atoms in total. The maximum atomic E-state index is 3.79. The summed E-state index contributed by atoms with van der Waals surface area (Å²) in [5, 5.41) is 3.79. The van der Waals surface area contributed by atoms with E-state index in [2.05, 4.69) is 45.5 Å². The second kappa shape index (κ2) is 3.83. The summed E-state index contributed by atoms with van der Waals surface area (Å²) < 4.78 is 1.24. The maximum Gasteiger partial charge on any atom is 0.0220 e. The second-order valence-corrected chi connectivity index (χ2v) is 6.84. The lowest BCUT2D eigenvalue weighted by Gasteiger charge is -2.11. The Morgan fingerprint density at radius 2 is 1.82 bits per heavy atom. The van der Waals surface area contributed by atoms with Crippen LogP contribution in [0.25, 0.3) is 0 Å². The molecule has 90 valence electrons. The topological polar surface area (TPSA) is 12.0 Å². The predicted octanol–water partition coefficient (Wildman–Crippen LogP) is 3.58. The van der Waals surface area contributed by atoms with Crippen molar-refractivity contribution < 1.29 is 0 Å². The van der Waals surface area contributed by atoms with Crippen LogP contribution >= 0.6 is 15.9 Å². The van der Waals surface area contributed by atoms with Crippen LogP contribution in [0.1, 0.15) is 24.8 Å². The summed E-state index contributed by atoms with van der Waals surface area (Å²) in [6, 6.07) is 9.39. The van der Waals surface area contributed by atoms with E-state index >= 15 is 0 Å². The maximum absolute atomic E-state index is 3.79. The Morgan fingerprint density at radius 1 is 1.12 bits per heavy atom. The van der Waals surface area contributed by atoms with Gasteiger partial charge in [0, 0.05) is 17.1 Å². The Bertz CT molecular complexity index is 428. The van der Waals surface area contributed by atoms with Crippen molar-refractivity contribution in [1.29, 1.82) is 0 Å². The van der Waals surface area contributed by atoms with E-state index in [0.717, 1.165) is 36.3 Å². The molecule has 3 saturated carbocycles. The Kier molecular flexibility index (Phi) is 2.38. The quantitative estimate of drug-likeness (QED) is 0.898. The summed E-state index contributed by atoms with van der Waals surface area (Å²) in [5.41, 5.74) is 1.39. The summed E-state index contributed by atoms with van der Waals surface area (Å²) in [7, 11) is 0. The largest absolute Gasteiger partial charge is 0.309 e. The average Bonchev–Trinajstić information content (AvgIpc) is 2.74. The number of fused-ring (bicyclic) bond motifs is 5. The number of rotatable bonds is 3. The fourth-order valence-corrected chi connectivity index (χ4v) is 4.89. The van der Waals surface area contributed by atoms with Gasteiger partial charge in [0.05, 0.1) is 0 Å². The molecule has 2 heteroatoms. The molecular weight excluding hydrogens is 274 g/mol. The van der Waals surface area contributed by atoms with Gasteiger partial charge in [-0.3, -0.25) is 0 Å². The molecular formula is C15H18BrN. The molecule has 3 aliphatic carbocycles. The van der Waals surface area contributed by atoms with Crippen LogP contribution in [0.5, 0.6) is 0 Å². The fourth-order valence-electron chi connectivity index (χ4n) is 4.47. The van der Waals surface area contributed by atoms with Crippen molar-refractivity contribution in [2.45, 2.75) is 31.8 Å². The predicted molar refractivity (Wildman–Crippen MR) is 72.6 cm³/mol.